The number of anilines is 3. The molecule has 3 aromatic heterocycles. The maximum Gasteiger partial charge on any atom is 0.411 e. The predicted octanol–water partition coefficient (Wildman–Crippen LogP) is 5.34. The largest absolute Gasteiger partial charge is 0.449 e. The summed E-state index contributed by atoms with van der Waals surface area (Å²) < 4.78 is 14.6. The van der Waals surface area contributed by atoms with E-state index in [-0.39, 0.29) is 0 Å². The number of carbonyl (C=O) groups is 1. The van der Waals surface area contributed by atoms with Crippen LogP contribution in [0.2, 0.25) is 0 Å². The molecule has 0 unspecified atom stereocenters. The Balaban J connectivity index is 1.12. The van der Waals surface area contributed by atoms with Gasteiger partial charge in [-0.25, -0.2) is 14.3 Å². The highest BCUT2D eigenvalue weighted by Gasteiger charge is 2.22. The van der Waals surface area contributed by atoms with E-state index in [0.717, 1.165) is 66.8 Å². The number of nitrogens with one attached hydrogen (secondary N) is 2. The molecule has 0 saturated carbocycles. The van der Waals surface area contributed by atoms with Crippen molar-refractivity contribution in [2.24, 2.45) is 5.92 Å². The quantitative estimate of drug-likeness (QED) is 0.215. The van der Waals surface area contributed by atoms with Gasteiger partial charge in [0.05, 0.1) is 43.4 Å². The van der Waals surface area contributed by atoms with Crippen LogP contribution in [0.25, 0.3) is 16.4 Å². The molecule has 0 bridgehead atoms. The maximum atomic E-state index is 12.8. The number of nitrogens with zero attached hydrogens (tertiary/aromatic N) is 6. The number of piperidine rings is 1. The van der Waals surface area contributed by atoms with Gasteiger partial charge < -0.3 is 19.7 Å². The monoisotopic (exact) mass is 582 g/mol. The third-order valence-electron chi connectivity index (χ3n) is 8.12. The van der Waals surface area contributed by atoms with Crippen molar-refractivity contribution >= 4 is 39.7 Å². The second kappa shape index (κ2) is 13.2. The molecule has 2 N–H and O–H groups in total. The molecule has 1 amide bonds. The van der Waals surface area contributed by atoms with E-state index in [4.69, 9.17) is 9.47 Å². The van der Waals surface area contributed by atoms with E-state index in [1.54, 1.807) is 11.6 Å². The number of amides is 1. The first-order valence-corrected chi connectivity index (χ1v) is 14.9. The fourth-order valence-electron chi connectivity index (χ4n) is 5.75. The molecule has 43 heavy (non-hydrogen) atoms. The van der Waals surface area contributed by atoms with Gasteiger partial charge in [-0.15, -0.1) is 0 Å². The van der Waals surface area contributed by atoms with E-state index < -0.39 is 6.09 Å². The molecule has 0 atom stereocenters. The predicted molar refractivity (Wildman–Crippen MR) is 167 cm³/mol. The number of fused-ring (bicyclic) bond motifs is 2. The molecule has 0 aliphatic carbocycles. The van der Waals surface area contributed by atoms with Crippen molar-refractivity contribution in [1.29, 1.82) is 0 Å². The Kier molecular flexibility index (Phi) is 8.80. The molecule has 1 saturated heterocycles. The van der Waals surface area contributed by atoms with Gasteiger partial charge in [-0.3, -0.25) is 10.00 Å². The van der Waals surface area contributed by atoms with Crippen molar-refractivity contribution in [1.82, 2.24) is 29.3 Å². The molecule has 5 aromatic rings. The first-order chi connectivity index (χ1) is 21.1. The number of aromatic nitrogens is 5. The topological polar surface area (TPSA) is 111 Å². The Bertz CT molecular complexity index is 1670. The second-order valence-corrected chi connectivity index (χ2v) is 11.0. The van der Waals surface area contributed by atoms with Crippen LogP contribution in [0.4, 0.5) is 22.0 Å². The smallest absolute Gasteiger partial charge is 0.411 e. The minimum absolute atomic E-state index is 0.368. The summed E-state index contributed by atoms with van der Waals surface area (Å²) in [6.45, 7) is 6.86. The summed E-state index contributed by atoms with van der Waals surface area (Å²) in [6, 6.07) is 16.5. The Morgan fingerprint density at radius 2 is 1.93 bits per heavy atom. The molecule has 0 spiro atoms. The van der Waals surface area contributed by atoms with Crippen molar-refractivity contribution in [2.45, 2.75) is 32.7 Å². The van der Waals surface area contributed by atoms with Gasteiger partial charge >= 0.3 is 6.09 Å². The zero-order valence-electron chi connectivity index (χ0n) is 24.7. The summed E-state index contributed by atoms with van der Waals surface area (Å²) in [5, 5.41) is 16.5. The fraction of sp³-hybridized carbons (Fsp3) is 0.375. The molecule has 1 aliphatic rings. The van der Waals surface area contributed by atoms with Gasteiger partial charge in [-0.1, -0.05) is 37.3 Å². The van der Waals surface area contributed by atoms with Gasteiger partial charge in [0, 0.05) is 30.3 Å². The van der Waals surface area contributed by atoms with E-state index in [0.29, 0.717) is 37.0 Å². The molecule has 1 aliphatic heterocycles. The number of benzene rings is 2. The van der Waals surface area contributed by atoms with Crippen molar-refractivity contribution in [3.8, 4) is 0 Å². The zero-order chi connectivity index (χ0) is 29.6. The first-order valence-electron chi connectivity index (χ1n) is 14.9. The van der Waals surface area contributed by atoms with Gasteiger partial charge in [0.1, 0.15) is 11.8 Å². The van der Waals surface area contributed by atoms with Crippen LogP contribution in [0, 0.1) is 5.92 Å². The van der Waals surface area contributed by atoms with Crippen LogP contribution in [0.15, 0.2) is 67.3 Å². The summed E-state index contributed by atoms with van der Waals surface area (Å²) in [5.41, 5.74) is 5.55. The zero-order valence-corrected chi connectivity index (χ0v) is 24.7. The summed E-state index contributed by atoms with van der Waals surface area (Å²) in [6.07, 6.45) is 7.45. The number of carbonyl (C=O) groups excluding carboxylic acids is 1. The summed E-state index contributed by atoms with van der Waals surface area (Å²) >= 11 is 0. The molecule has 224 valence electrons. The van der Waals surface area contributed by atoms with Gasteiger partial charge in [-0.05, 0) is 62.0 Å². The highest BCUT2D eigenvalue weighted by atomic mass is 16.5. The van der Waals surface area contributed by atoms with Crippen LogP contribution in [0.3, 0.4) is 0 Å². The minimum Gasteiger partial charge on any atom is -0.449 e. The third-order valence-corrected chi connectivity index (χ3v) is 8.12. The molecule has 11 heteroatoms. The Morgan fingerprint density at radius 3 is 2.72 bits per heavy atom. The average molecular weight is 583 g/mol. The standard InChI is InChI=1S/C32H38N8O3/c1-3-27-28(37-32(41)43-21-24-11-13-38(14-12-24)15-16-42-2)20-40-30(27)31(33-22-35-40)36-26-9-10-29-25(17-26)18-34-39(29)19-23-7-5-4-6-8-23/h4-10,17-18,20,22,24H,3,11-16,19,21H2,1-2H3,(H,37,41)(H,33,35,36). The van der Waals surface area contributed by atoms with Gasteiger partial charge in [0.2, 0.25) is 0 Å². The lowest BCUT2D eigenvalue weighted by molar-refractivity contribution is 0.0886. The lowest BCUT2D eigenvalue weighted by atomic mass is 9.98. The third kappa shape index (κ3) is 6.63. The molecule has 11 nitrogen and oxygen atoms in total. The Hall–Kier alpha value is -4.48. The lowest BCUT2D eigenvalue weighted by Crippen LogP contribution is -2.37. The highest BCUT2D eigenvalue weighted by molar-refractivity contribution is 5.91. The highest BCUT2D eigenvalue weighted by Crippen LogP contribution is 2.31. The van der Waals surface area contributed by atoms with E-state index in [9.17, 15) is 4.79 Å². The molecule has 1 fully saturated rings. The summed E-state index contributed by atoms with van der Waals surface area (Å²) in [7, 11) is 1.73. The van der Waals surface area contributed by atoms with Crippen molar-refractivity contribution in [3.63, 3.8) is 0 Å². The van der Waals surface area contributed by atoms with Crippen LogP contribution >= 0.6 is 0 Å². The van der Waals surface area contributed by atoms with Crippen LogP contribution in [-0.4, -0.2) is 75.3 Å². The minimum atomic E-state index is -0.451. The maximum absolute atomic E-state index is 12.8. The Morgan fingerprint density at radius 1 is 1.09 bits per heavy atom. The number of rotatable bonds is 11. The molecule has 0 radical (unpaired) electrons. The molecular weight excluding hydrogens is 544 g/mol. The number of hydrogen-bond acceptors (Lipinski definition) is 8. The fourth-order valence-corrected chi connectivity index (χ4v) is 5.75. The van der Waals surface area contributed by atoms with Crippen molar-refractivity contribution < 1.29 is 14.3 Å². The lowest BCUT2D eigenvalue weighted by Gasteiger charge is -2.31. The van der Waals surface area contributed by atoms with Gasteiger partial charge in [0.25, 0.3) is 0 Å². The van der Waals surface area contributed by atoms with Crippen molar-refractivity contribution in [3.05, 3.63) is 78.4 Å². The second-order valence-electron chi connectivity index (χ2n) is 11.0. The Labute approximate surface area is 250 Å². The van der Waals surface area contributed by atoms with Crippen molar-refractivity contribution in [2.75, 3.05) is 50.6 Å². The molecular formula is C32H38N8O3. The van der Waals surface area contributed by atoms with Crippen LogP contribution in [0.1, 0.15) is 30.9 Å². The number of aryl methyl sites for hydroxylation is 1. The molecule has 6 rings (SSSR count). The average Bonchev–Trinajstić information content (AvgIpc) is 3.60. The molecule has 2 aromatic carbocycles. The number of methoxy groups -OCH3 is 1. The SMILES string of the molecule is CCc1c(NC(=O)OCC2CCN(CCOC)CC2)cn2ncnc(Nc3ccc4c(cnn4Cc4ccccc4)c3)c12. The first kappa shape index (κ1) is 28.6. The van der Waals surface area contributed by atoms with Crippen LogP contribution in [-0.2, 0) is 22.4 Å². The van der Waals surface area contributed by atoms with E-state index in [1.165, 1.54) is 11.9 Å². The number of likely N-dealkylation sites (tertiary alicyclic amines) is 1. The van der Waals surface area contributed by atoms with Gasteiger partial charge in [0.15, 0.2) is 5.82 Å². The summed E-state index contributed by atoms with van der Waals surface area (Å²) in [4.78, 5) is 19.7. The van der Waals surface area contributed by atoms with Crippen LogP contribution in [0.5, 0.6) is 0 Å². The normalized spacial score (nSPS) is 14.4. The summed E-state index contributed by atoms with van der Waals surface area (Å²) in [5.74, 6) is 1.03. The van der Waals surface area contributed by atoms with Crippen LogP contribution < -0.4 is 10.6 Å². The van der Waals surface area contributed by atoms with Gasteiger partial charge in [-0.2, -0.15) is 10.2 Å². The number of hydrogen-bond donors (Lipinski definition) is 2. The number of ether oxygens (including phenoxy) is 2. The molecule has 4 heterocycles. The van der Waals surface area contributed by atoms with E-state index >= 15 is 0 Å². The van der Waals surface area contributed by atoms with E-state index in [1.807, 2.05) is 48.3 Å². The van der Waals surface area contributed by atoms with E-state index in [2.05, 4.69) is 55.0 Å².